The molecular formula is C17H26N4O7P-. The summed E-state index contributed by atoms with van der Waals surface area (Å²) in [4.78, 5) is 11.8. The second-order valence-electron chi connectivity index (χ2n) is 6.97. The van der Waals surface area contributed by atoms with Gasteiger partial charge in [-0.2, -0.15) is 10.0 Å². The van der Waals surface area contributed by atoms with Crippen molar-refractivity contribution in [3.05, 3.63) is 34.7 Å². The van der Waals surface area contributed by atoms with Crippen molar-refractivity contribution in [3.63, 3.8) is 0 Å². The zero-order chi connectivity index (χ0) is 21.8. The van der Waals surface area contributed by atoms with Crippen LogP contribution in [0.2, 0.25) is 0 Å². The Bertz CT molecular complexity index is 770. The van der Waals surface area contributed by atoms with Gasteiger partial charge >= 0.3 is 19.2 Å². The number of carbonyl (C=O) groups excluding carboxylic acids is 1. The Labute approximate surface area is 169 Å². The van der Waals surface area contributed by atoms with Crippen LogP contribution in [0.1, 0.15) is 41.0 Å². The maximum absolute atomic E-state index is 13.7. The van der Waals surface area contributed by atoms with Crippen molar-refractivity contribution in [1.29, 1.82) is 0 Å². The molecule has 1 fully saturated rings. The number of esters is 1. The van der Waals surface area contributed by atoms with Crippen LogP contribution in [0.3, 0.4) is 0 Å². The van der Waals surface area contributed by atoms with Crippen LogP contribution < -0.4 is 10.7 Å². The number of allylic oxidation sites excluding steroid dienone is 4. The third-order valence-electron chi connectivity index (χ3n) is 3.79. The summed E-state index contributed by atoms with van der Waals surface area (Å²) in [6.45, 7) is 8.45. The summed E-state index contributed by atoms with van der Waals surface area (Å²) in [6.07, 6.45) is 4.70. The van der Waals surface area contributed by atoms with Gasteiger partial charge in [-0.25, -0.2) is 10.7 Å². The number of nitrogens with one attached hydrogen (secondary N) is 2. The first-order chi connectivity index (χ1) is 13.5. The van der Waals surface area contributed by atoms with E-state index in [9.17, 15) is 19.8 Å². The molecule has 1 heterocycles. The number of ether oxygens (including phenoxy) is 1. The Hall–Kier alpha value is -2.20. The SMILES string of the molecule is CCC1NC(NN=C2C=CC(=[N+]([O-])[O-])C=C2)(P(=O)(OC(C)C)OC(C)C)OC1=O. The van der Waals surface area contributed by atoms with Crippen LogP contribution in [0.5, 0.6) is 0 Å². The molecule has 0 radical (unpaired) electrons. The highest BCUT2D eigenvalue weighted by Crippen LogP contribution is 2.61. The third kappa shape index (κ3) is 5.24. The van der Waals surface area contributed by atoms with Gasteiger partial charge in [-0.1, -0.05) is 6.92 Å². The average Bonchev–Trinajstić information content (AvgIpc) is 2.96. The fourth-order valence-corrected chi connectivity index (χ4v) is 4.72. The van der Waals surface area contributed by atoms with Crippen LogP contribution in [-0.4, -0.2) is 46.1 Å². The molecule has 0 bridgehead atoms. The smallest absolute Gasteiger partial charge is 0.413 e. The number of nitrogens with zero attached hydrogens (tertiary/aromatic N) is 2. The van der Waals surface area contributed by atoms with Gasteiger partial charge in [-0.15, -0.1) is 0 Å². The van der Waals surface area contributed by atoms with E-state index in [1.807, 2.05) is 0 Å². The lowest BCUT2D eigenvalue weighted by molar-refractivity contribution is -0.377. The second-order valence-corrected chi connectivity index (χ2v) is 9.02. The summed E-state index contributed by atoms with van der Waals surface area (Å²) in [6, 6.07) is -0.741. The molecule has 11 nitrogen and oxygen atoms in total. The predicted octanol–water partition coefficient (Wildman–Crippen LogP) is 2.09. The molecular weight excluding hydrogens is 403 g/mol. The second kappa shape index (κ2) is 9.08. The van der Waals surface area contributed by atoms with Crippen LogP contribution >= 0.6 is 7.60 Å². The molecule has 2 rings (SSSR count). The molecule has 0 spiro atoms. The molecule has 1 saturated heterocycles. The Balaban J connectivity index is 2.42. The molecule has 1 aliphatic heterocycles. The van der Waals surface area contributed by atoms with Crippen molar-refractivity contribution in [3.8, 4) is 0 Å². The van der Waals surface area contributed by atoms with E-state index in [0.29, 0.717) is 6.42 Å². The number of hydrazone groups is 1. The first-order valence-electron chi connectivity index (χ1n) is 9.21. The minimum Gasteiger partial charge on any atom is -0.612 e. The first-order valence-corrected chi connectivity index (χ1v) is 10.8. The zero-order valence-electron chi connectivity index (χ0n) is 16.9. The maximum Gasteiger partial charge on any atom is 0.413 e. The van der Waals surface area contributed by atoms with E-state index in [-0.39, 0.29) is 11.4 Å². The van der Waals surface area contributed by atoms with E-state index in [0.717, 1.165) is 0 Å². The van der Waals surface area contributed by atoms with Gasteiger partial charge < -0.3 is 24.2 Å². The molecule has 12 heteroatoms. The lowest BCUT2D eigenvalue weighted by Crippen LogP contribution is -2.55. The van der Waals surface area contributed by atoms with Gasteiger partial charge in [0, 0.05) is 12.2 Å². The van der Waals surface area contributed by atoms with E-state index in [1.54, 1.807) is 34.6 Å². The van der Waals surface area contributed by atoms with Crippen LogP contribution in [0.4, 0.5) is 0 Å². The molecule has 1 aliphatic carbocycles. The fraction of sp³-hybridized carbons (Fsp3) is 0.588. The van der Waals surface area contributed by atoms with Crippen molar-refractivity contribution in [2.24, 2.45) is 5.10 Å². The van der Waals surface area contributed by atoms with E-state index in [2.05, 4.69) is 15.8 Å². The molecule has 0 saturated carbocycles. The number of hydrogen-bond acceptors (Lipinski definition) is 10. The largest absolute Gasteiger partial charge is 0.612 e. The fourth-order valence-electron chi connectivity index (χ4n) is 2.58. The van der Waals surface area contributed by atoms with Crippen LogP contribution in [0.25, 0.3) is 0 Å². The summed E-state index contributed by atoms with van der Waals surface area (Å²) in [5.41, 5.74) is 0.734. The topological polar surface area (TPSA) is 147 Å². The first kappa shape index (κ1) is 23.1. The highest BCUT2D eigenvalue weighted by atomic mass is 31.2. The standard InChI is InChI=1S/C17H26N4O7P/c1-6-15-16(22)26-17(18-15,29(25,27-11(2)3)28-12(4)5)20-19-13-7-9-14(10-8-13)21(23)24/h7-12,15,18,20H,6H2,1-5H3/q-1. The Morgan fingerprint density at radius 1 is 1.24 bits per heavy atom. The lowest BCUT2D eigenvalue weighted by atomic mass is 10.1. The quantitative estimate of drug-likeness (QED) is 0.194. The predicted molar refractivity (Wildman–Crippen MR) is 107 cm³/mol. The highest BCUT2D eigenvalue weighted by Gasteiger charge is 2.62. The molecule has 2 aliphatic rings. The maximum atomic E-state index is 13.7. The summed E-state index contributed by atoms with van der Waals surface area (Å²) in [5.74, 6) is -0.626. The van der Waals surface area contributed by atoms with Gasteiger partial charge in [0.05, 0.1) is 17.9 Å². The molecule has 0 aromatic rings. The molecule has 2 N–H and O–H groups in total. The molecule has 29 heavy (non-hydrogen) atoms. The molecule has 162 valence electrons. The Kier molecular flexibility index (Phi) is 7.23. The number of cyclic esters (lactones) is 1. The van der Waals surface area contributed by atoms with Crippen molar-refractivity contribution in [2.45, 2.75) is 64.9 Å². The van der Waals surface area contributed by atoms with Crippen LogP contribution in [0, 0.1) is 10.4 Å². The van der Waals surface area contributed by atoms with E-state index in [4.69, 9.17) is 13.8 Å². The van der Waals surface area contributed by atoms with Gasteiger partial charge in [0.2, 0.25) is 5.71 Å². The van der Waals surface area contributed by atoms with Gasteiger partial charge in [0.1, 0.15) is 6.04 Å². The minimum atomic E-state index is -4.13. The van der Waals surface area contributed by atoms with Crippen LogP contribution in [0.15, 0.2) is 29.4 Å². The molecule has 2 unspecified atom stereocenters. The van der Waals surface area contributed by atoms with Crippen LogP contribution in [-0.2, 0) is 23.1 Å². The zero-order valence-corrected chi connectivity index (χ0v) is 17.8. The lowest BCUT2D eigenvalue weighted by Gasteiger charge is -2.35. The summed E-state index contributed by atoms with van der Waals surface area (Å²) in [7, 11) is -4.13. The highest BCUT2D eigenvalue weighted by molar-refractivity contribution is 7.55. The molecule has 2 atom stereocenters. The number of rotatable bonds is 8. The van der Waals surface area contributed by atoms with Crippen molar-refractivity contribution in [1.82, 2.24) is 10.7 Å². The van der Waals surface area contributed by atoms with Crippen molar-refractivity contribution >= 4 is 25.0 Å². The summed E-state index contributed by atoms with van der Waals surface area (Å²) >= 11 is 0. The molecule has 0 aromatic carbocycles. The van der Waals surface area contributed by atoms with E-state index >= 15 is 0 Å². The van der Waals surface area contributed by atoms with Gasteiger partial charge in [0.25, 0.3) is 0 Å². The van der Waals surface area contributed by atoms with Gasteiger partial charge in [-0.3, -0.25) is 9.36 Å². The van der Waals surface area contributed by atoms with Gasteiger partial charge in [-0.05, 0) is 46.3 Å². The van der Waals surface area contributed by atoms with E-state index < -0.39 is 42.3 Å². The van der Waals surface area contributed by atoms with Crippen molar-refractivity contribution < 1.29 is 28.0 Å². The van der Waals surface area contributed by atoms with Crippen molar-refractivity contribution in [2.75, 3.05) is 0 Å². The average molecular weight is 429 g/mol. The molecule has 0 amide bonds. The molecule has 0 aromatic heterocycles. The summed E-state index contributed by atoms with van der Waals surface area (Å²) in [5, 5.41) is 28.5. The number of hydrogen-bond donors (Lipinski definition) is 2. The minimum absolute atomic E-state index is 0.105. The monoisotopic (exact) mass is 429 g/mol. The Morgan fingerprint density at radius 2 is 1.79 bits per heavy atom. The number of carbonyl (C=O) groups is 1. The van der Waals surface area contributed by atoms with Gasteiger partial charge in [0.15, 0.2) is 0 Å². The third-order valence-corrected chi connectivity index (χ3v) is 6.28. The van der Waals surface area contributed by atoms with E-state index in [1.165, 1.54) is 24.3 Å². The normalized spacial score (nSPS) is 24.4. The summed E-state index contributed by atoms with van der Waals surface area (Å²) < 4.78 is 30.4. The Morgan fingerprint density at radius 3 is 2.21 bits per heavy atom.